The molecule has 6 nitrogen and oxygen atoms in total. The first-order valence-corrected chi connectivity index (χ1v) is 5.82. The van der Waals surface area contributed by atoms with Crippen molar-refractivity contribution in [2.24, 2.45) is 5.92 Å². The van der Waals surface area contributed by atoms with Crippen LogP contribution >= 0.6 is 0 Å². The Labute approximate surface area is 106 Å². The Bertz CT molecular complexity index is 423. The van der Waals surface area contributed by atoms with Gasteiger partial charge in [-0.2, -0.15) is 4.98 Å². The smallest absolute Gasteiger partial charge is 0.241 e. The highest BCUT2D eigenvalue weighted by atomic mass is 16.5. The third-order valence-corrected chi connectivity index (χ3v) is 3.15. The molecular formula is C12H18N2O4. The SMILES string of the molecule is COCC(O)(c1ncc(OC)nc1OC)C1CC1. The van der Waals surface area contributed by atoms with E-state index >= 15 is 0 Å². The lowest BCUT2D eigenvalue weighted by Gasteiger charge is -2.27. The van der Waals surface area contributed by atoms with Crippen LogP contribution in [0.5, 0.6) is 11.8 Å². The minimum atomic E-state index is -1.14. The van der Waals surface area contributed by atoms with Gasteiger partial charge >= 0.3 is 0 Å². The molecule has 1 atom stereocenters. The number of rotatable bonds is 6. The van der Waals surface area contributed by atoms with Crippen molar-refractivity contribution < 1.29 is 19.3 Å². The maximum Gasteiger partial charge on any atom is 0.241 e. The van der Waals surface area contributed by atoms with E-state index < -0.39 is 5.60 Å². The minimum Gasteiger partial charge on any atom is -0.480 e. The number of aliphatic hydroxyl groups is 1. The predicted molar refractivity (Wildman–Crippen MR) is 63.6 cm³/mol. The summed E-state index contributed by atoms with van der Waals surface area (Å²) in [5.41, 5.74) is -0.727. The van der Waals surface area contributed by atoms with Crippen molar-refractivity contribution >= 4 is 0 Å². The average molecular weight is 254 g/mol. The number of hydrogen-bond donors (Lipinski definition) is 1. The van der Waals surface area contributed by atoms with Crippen LogP contribution in [0.2, 0.25) is 0 Å². The minimum absolute atomic E-state index is 0.147. The van der Waals surface area contributed by atoms with Crippen molar-refractivity contribution in [1.82, 2.24) is 9.97 Å². The highest BCUT2D eigenvalue weighted by molar-refractivity contribution is 5.30. The molecule has 1 aliphatic carbocycles. The maximum atomic E-state index is 10.7. The molecule has 1 unspecified atom stereocenters. The van der Waals surface area contributed by atoms with Gasteiger partial charge in [-0.3, -0.25) is 0 Å². The van der Waals surface area contributed by atoms with E-state index in [1.807, 2.05) is 0 Å². The Morgan fingerprint density at radius 1 is 1.33 bits per heavy atom. The van der Waals surface area contributed by atoms with Gasteiger partial charge < -0.3 is 19.3 Å². The first-order valence-electron chi connectivity index (χ1n) is 5.82. The molecule has 0 spiro atoms. The molecule has 1 N–H and O–H groups in total. The van der Waals surface area contributed by atoms with Gasteiger partial charge in [0.1, 0.15) is 11.3 Å². The Morgan fingerprint density at radius 3 is 2.56 bits per heavy atom. The van der Waals surface area contributed by atoms with Crippen LogP contribution < -0.4 is 9.47 Å². The molecule has 1 aromatic heterocycles. The molecule has 1 aliphatic rings. The van der Waals surface area contributed by atoms with E-state index in [1.54, 1.807) is 7.11 Å². The summed E-state index contributed by atoms with van der Waals surface area (Å²) in [5, 5.41) is 10.7. The Kier molecular flexibility index (Phi) is 3.68. The normalized spacial score (nSPS) is 18.2. The monoisotopic (exact) mass is 254 g/mol. The highest BCUT2D eigenvalue weighted by Crippen LogP contribution is 2.47. The van der Waals surface area contributed by atoms with E-state index in [1.165, 1.54) is 20.4 Å². The molecule has 0 bridgehead atoms. The topological polar surface area (TPSA) is 73.7 Å². The Balaban J connectivity index is 2.40. The van der Waals surface area contributed by atoms with Crippen LogP contribution in [0.1, 0.15) is 18.5 Å². The molecule has 0 aliphatic heterocycles. The van der Waals surface area contributed by atoms with Gasteiger partial charge in [-0.05, 0) is 18.8 Å². The molecule has 0 aromatic carbocycles. The summed E-state index contributed by atoms with van der Waals surface area (Å²) < 4.78 is 15.3. The van der Waals surface area contributed by atoms with Crippen molar-refractivity contribution in [2.75, 3.05) is 27.9 Å². The van der Waals surface area contributed by atoms with Crippen molar-refractivity contribution in [3.05, 3.63) is 11.9 Å². The second-order valence-corrected chi connectivity index (χ2v) is 4.40. The van der Waals surface area contributed by atoms with Gasteiger partial charge in [-0.1, -0.05) is 0 Å². The number of methoxy groups -OCH3 is 3. The van der Waals surface area contributed by atoms with Crippen LogP contribution in [-0.4, -0.2) is 43.0 Å². The maximum absolute atomic E-state index is 10.7. The second kappa shape index (κ2) is 5.07. The fourth-order valence-corrected chi connectivity index (χ4v) is 2.06. The summed E-state index contributed by atoms with van der Waals surface area (Å²) in [7, 11) is 4.55. The van der Waals surface area contributed by atoms with E-state index in [4.69, 9.17) is 14.2 Å². The van der Waals surface area contributed by atoms with Gasteiger partial charge in [0, 0.05) is 7.11 Å². The van der Waals surface area contributed by atoms with Crippen molar-refractivity contribution in [1.29, 1.82) is 0 Å². The summed E-state index contributed by atoms with van der Waals surface area (Å²) in [5.74, 6) is 0.779. The lowest BCUT2D eigenvalue weighted by molar-refractivity contribution is -0.0583. The van der Waals surface area contributed by atoms with Crippen LogP contribution in [0.4, 0.5) is 0 Å². The third kappa shape index (κ3) is 2.26. The van der Waals surface area contributed by atoms with E-state index in [0.717, 1.165) is 12.8 Å². The fourth-order valence-electron chi connectivity index (χ4n) is 2.06. The van der Waals surface area contributed by atoms with Crippen LogP contribution in [0.25, 0.3) is 0 Å². The quantitative estimate of drug-likeness (QED) is 0.807. The lowest BCUT2D eigenvalue weighted by atomic mass is 9.94. The molecule has 0 saturated heterocycles. The number of hydrogen-bond acceptors (Lipinski definition) is 6. The summed E-state index contributed by atoms with van der Waals surface area (Å²) in [6.45, 7) is 0.176. The van der Waals surface area contributed by atoms with Crippen LogP contribution in [0.3, 0.4) is 0 Å². The highest BCUT2D eigenvalue weighted by Gasteiger charge is 2.48. The second-order valence-electron chi connectivity index (χ2n) is 4.40. The molecule has 0 amide bonds. The zero-order chi connectivity index (χ0) is 13.2. The molecule has 1 heterocycles. The summed E-state index contributed by atoms with van der Waals surface area (Å²) >= 11 is 0. The summed E-state index contributed by atoms with van der Waals surface area (Å²) in [4.78, 5) is 8.38. The Hall–Kier alpha value is -1.40. The molecule has 100 valence electrons. The summed E-state index contributed by atoms with van der Waals surface area (Å²) in [6.07, 6.45) is 3.38. The molecule has 6 heteroatoms. The fraction of sp³-hybridized carbons (Fsp3) is 0.667. The first-order chi connectivity index (χ1) is 8.65. The van der Waals surface area contributed by atoms with Crippen LogP contribution in [0, 0.1) is 5.92 Å². The number of aromatic nitrogens is 2. The van der Waals surface area contributed by atoms with Gasteiger partial charge in [0.2, 0.25) is 11.8 Å². The molecule has 1 aromatic rings. The van der Waals surface area contributed by atoms with Gasteiger partial charge in [-0.25, -0.2) is 4.98 Å². The van der Waals surface area contributed by atoms with Gasteiger partial charge in [0.05, 0.1) is 27.0 Å². The third-order valence-electron chi connectivity index (χ3n) is 3.15. The van der Waals surface area contributed by atoms with E-state index in [-0.39, 0.29) is 18.4 Å². The van der Waals surface area contributed by atoms with Gasteiger partial charge in [-0.15, -0.1) is 0 Å². The largest absolute Gasteiger partial charge is 0.480 e. The zero-order valence-electron chi connectivity index (χ0n) is 10.8. The predicted octanol–water partition coefficient (Wildman–Crippen LogP) is 0.738. The zero-order valence-corrected chi connectivity index (χ0v) is 10.8. The van der Waals surface area contributed by atoms with Crippen LogP contribution in [0.15, 0.2) is 6.20 Å². The molecule has 1 fully saturated rings. The molecule has 2 rings (SSSR count). The van der Waals surface area contributed by atoms with E-state index in [2.05, 4.69) is 9.97 Å². The van der Waals surface area contributed by atoms with Gasteiger partial charge in [0.25, 0.3) is 0 Å². The van der Waals surface area contributed by atoms with Crippen molar-refractivity contribution in [3.8, 4) is 11.8 Å². The standard InChI is InChI=1S/C12H18N2O4/c1-16-7-12(15,8-4-5-8)10-11(18-3)14-9(17-2)6-13-10/h6,8,15H,4-5,7H2,1-3H3. The van der Waals surface area contributed by atoms with Crippen molar-refractivity contribution in [2.45, 2.75) is 18.4 Å². The van der Waals surface area contributed by atoms with E-state index in [0.29, 0.717) is 11.6 Å². The number of ether oxygens (including phenoxy) is 3. The lowest BCUT2D eigenvalue weighted by Crippen LogP contribution is -2.35. The average Bonchev–Trinajstić information content (AvgIpc) is 3.22. The summed E-state index contributed by atoms with van der Waals surface area (Å²) in [6, 6.07) is 0. The van der Waals surface area contributed by atoms with E-state index in [9.17, 15) is 5.11 Å². The molecule has 0 radical (unpaired) electrons. The molecular weight excluding hydrogens is 236 g/mol. The molecule has 18 heavy (non-hydrogen) atoms. The van der Waals surface area contributed by atoms with Crippen LogP contribution in [-0.2, 0) is 10.3 Å². The number of nitrogens with zero attached hydrogens (tertiary/aromatic N) is 2. The first kappa shape index (κ1) is 13.0. The van der Waals surface area contributed by atoms with Crippen molar-refractivity contribution in [3.63, 3.8) is 0 Å². The molecule has 1 saturated carbocycles. The van der Waals surface area contributed by atoms with Gasteiger partial charge in [0.15, 0.2) is 0 Å². The Morgan fingerprint density at radius 2 is 2.06 bits per heavy atom.